The van der Waals surface area contributed by atoms with Crippen LogP contribution < -0.4 is 5.32 Å². The molecule has 106 valence electrons. The average Bonchev–Trinajstić information content (AvgIpc) is 2.80. The van der Waals surface area contributed by atoms with Gasteiger partial charge in [0.25, 0.3) is 5.91 Å². The number of carbonyl (C=O) groups excluding carboxylic acids is 1. The minimum atomic E-state index is -0.276. The van der Waals surface area contributed by atoms with E-state index >= 15 is 0 Å². The number of oxazole rings is 1. The summed E-state index contributed by atoms with van der Waals surface area (Å²) in [4.78, 5) is 16.4. The fourth-order valence-electron chi connectivity index (χ4n) is 1.97. The van der Waals surface area contributed by atoms with Gasteiger partial charge in [-0.1, -0.05) is 23.2 Å². The first kappa shape index (κ1) is 13.9. The van der Waals surface area contributed by atoms with Crippen molar-refractivity contribution in [3.05, 3.63) is 57.9 Å². The molecular weight excluding hydrogens is 311 g/mol. The number of nitrogens with one attached hydrogen (secondary N) is 1. The number of aryl methyl sites for hydroxylation is 1. The van der Waals surface area contributed by atoms with Crippen molar-refractivity contribution in [3.63, 3.8) is 0 Å². The molecule has 2 aromatic carbocycles. The third-order valence-corrected chi connectivity index (χ3v) is 3.48. The molecule has 1 amide bonds. The second-order valence-corrected chi connectivity index (χ2v) is 5.34. The summed E-state index contributed by atoms with van der Waals surface area (Å²) in [5, 5.41) is 3.63. The maximum Gasteiger partial charge on any atom is 0.255 e. The molecule has 0 bridgehead atoms. The maximum absolute atomic E-state index is 12.2. The highest BCUT2D eigenvalue weighted by Crippen LogP contribution is 2.26. The molecule has 0 atom stereocenters. The van der Waals surface area contributed by atoms with Gasteiger partial charge in [-0.05, 0) is 36.4 Å². The normalized spacial score (nSPS) is 10.8. The third-order valence-electron chi connectivity index (χ3n) is 2.94. The van der Waals surface area contributed by atoms with Crippen LogP contribution in [0.4, 0.5) is 5.69 Å². The Balaban J connectivity index is 1.89. The van der Waals surface area contributed by atoms with Crippen LogP contribution in [-0.2, 0) is 0 Å². The van der Waals surface area contributed by atoms with Crippen LogP contribution in [0.25, 0.3) is 11.1 Å². The number of aromatic nitrogens is 1. The summed E-state index contributed by atoms with van der Waals surface area (Å²) in [6.07, 6.45) is 0. The van der Waals surface area contributed by atoms with Crippen molar-refractivity contribution in [2.45, 2.75) is 6.92 Å². The molecule has 3 aromatic rings. The Bertz CT molecular complexity index is 843. The van der Waals surface area contributed by atoms with Crippen LogP contribution in [-0.4, -0.2) is 10.9 Å². The minimum absolute atomic E-state index is 0.276. The molecule has 0 unspecified atom stereocenters. The smallest absolute Gasteiger partial charge is 0.255 e. The second-order valence-electron chi connectivity index (χ2n) is 4.49. The molecular formula is C15H10Cl2N2O2. The predicted molar refractivity (Wildman–Crippen MR) is 83.2 cm³/mol. The molecule has 0 aliphatic carbocycles. The standard InChI is InChI=1S/C15H10Cl2N2O2/c1-8-18-13-6-9(2-5-14(13)21-8)15(20)19-12-4-3-10(16)7-11(12)17/h2-7H,1H3,(H,19,20). The first-order valence-corrected chi connectivity index (χ1v) is 6.92. The number of fused-ring (bicyclic) bond motifs is 1. The number of halogens is 2. The lowest BCUT2D eigenvalue weighted by Crippen LogP contribution is -2.12. The van der Waals surface area contributed by atoms with Crippen LogP contribution in [0.3, 0.4) is 0 Å². The number of nitrogens with zero attached hydrogens (tertiary/aromatic N) is 1. The molecule has 0 fully saturated rings. The highest BCUT2D eigenvalue weighted by atomic mass is 35.5. The molecule has 21 heavy (non-hydrogen) atoms. The monoisotopic (exact) mass is 320 g/mol. The van der Waals surface area contributed by atoms with Gasteiger partial charge >= 0.3 is 0 Å². The zero-order chi connectivity index (χ0) is 15.0. The molecule has 1 heterocycles. The van der Waals surface area contributed by atoms with Gasteiger partial charge < -0.3 is 9.73 Å². The molecule has 0 aliphatic rings. The second kappa shape index (κ2) is 5.39. The summed E-state index contributed by atoms with van der Waals surface area (Å²) in [6, 6.07) is 9.95. The molecule has 6 heteroatoms. The number of rotatable bonds is 2. The molecule has 0 radical (unpaired) electrons. The minimum Gasteiger partial charge on any atom is -0.441 e. The summed E-state index contributed by atoms with van der Waals surface area (Å²) in [6.45, 7) is 1.76. The van der Waals surface area contributed by atoms with Crippen molar-refractivity contribution in [3.8, 4) is 0 Å². The largest absolute Gasteiger partial charge is 0.441 e. The van der Waals surface area contributed by atoms with Crippen molar-refractivity contribution in [1.29, 1.82) is 0 Å². The van der Waals surface area contributed by atoms with Gasteiger partial charge in [-0.25, -0.2) is 4.98 Å². The van der Waals surface area contributed by atoms with Gasteiger partial charge in [-0.3, -0.25) is 4.79 Å². The Morgan fingerprint density at radius 3 is 2.76 bits per heavy atom. The van der Waals surface area contributed by atoms with E-state index in [1.54, 1.807) is 43.3 Å². The van der Waals surface area contributed by atoms with E-state index in [1.165, 1.54) is 0 Å². The lowest BCUT2D eigenvalue weighted by molar-refractivity contribution is 0.102. The van der Waals surface area contributed by atoms with Crippen molar-refractivity contribution >= 4 is 45.9 Å². The zero-order valence-corrected chi connectivity index (χ0v) is 12.5. The van der Waals surface area contributed by atoms with Gasteiger partial charge in [0.1, 0.15) is 5.52 Å². The zero-order valence-electron chi connectivity index (χ0n) is 11.0. The molecule has 4 nitrogen and oxygen atoms in total. The SMILES string of the molecule is Cc1nc2cc(C(=O)Nc3ccc(Cl)cc3Cl)ccc2o1. The molecule has 1 N–H and O–H groups in total. The highest BCUT2D eigenvalue weighted by Gasteiger charge is 2.11. The molecule has 3 rings (SSSR count). The topological polar surface area (TPSA) is 55.1 Å². The van der Waals surface area contributed by atoms with Crippen LogP contribution in [0.2, 0.25) is 10.0 Å². The van der Waals surface area contributed by atoms with Crippen LogP contribution in [0.1, 0.15) is 16.2 Å². The molecule has 0 saturated heterocycles. The Hall–Kier alpha value is -2.04. The quantitative estimate of drug-likeness (QED) is 0.744. The molecule has 0 aliphatic heterocycles. The van der Waals surface area contributed by atoms with Gasteiger partial charge in [-0.2, -0.15) is 0 Å². The lowest BCUT2D eigenvalue weighted by atomic mass is 10.2. The van der Waals surface area contributed by atoms with E-state index in [0.29, 0.717) is 38.3 Å². The van der Waals surface area contributed by atoms with Gasteiger partial charge in [0.2, 0.25) is 0 Å². The Morgan fingerprint density at radius 1 is 1.19 bits per heavy atom. The number of amides is 1. The number of benzene rings is 2. The highest BCUT2D eigenvalue weighted by molar-refractivity contribution is 6.36. The van der Waals surface area contributed by atoms with E-state index in [1.807, 2.05) is 0 Å². The fourth-order valence-corrected chi connectivity index (χ4v) is 2.42. The Morgan fingerprint density at radius 2 is 2.00 bits per heavy atom. The third kappa shape index (κ3) is 2.86. The van der Waals surface area contributed by atoms with Crippen LogP contribution >= 0.6 is 23.2 Å². The summed E-state index contributed by atoms with van der Waals surface area (Å²) < 4.78 is 5.37. The number of anilines is 1. The van der Waals surface area contributed by atoms with E-state index in [0.717, 1.165) is 0 Å². The first-order valence-electron chi connectivity index (χ1n) is 6.16. The lowest BCUT2D eigenvalue weighted by Gasteiger charge is -2.07. The Kier molecular flexibility index (Phi) is 3.57. The molecule has 0 saturated carbocycles. The number of hydrogen-bond acceptors (Lipinski definition) is 3. The van der Waals surface area contributed by atoms with E-state index in [9.17, 15) is 4.79 Å². The van der Waals surface area contributed by atoms with Gasteiger partial charge in [0.05, 0.1) is 10.7 Å². The fraction of sp³-hybridized carbons (Fsp3) is 0.0667. The molecule has 0 spiro atoms. The Labute approximate surface area is 130 Å². The molecule has 1 aromatic heterocycles. The first-order chi connectivity index (χ1) is 10.0. The van der Waals surface area contributed by atoms with Crippen LogP contribution in [0.5, 0.6) is 0 Å². The number of hydrogen-bond donors (Lipinski definition) is 1. The summed E-state index contributed by atoms with van der Waals surface area (Å²) in [5.74, 6) is 0.282. The van der Waals surface area contributed by atoms with Crippen molar-refractivity contribution in [1.82, 2.24) is 4.98 Å². The maximum atomic E-state index is 12.2. The van der Waals surface area contributed by atoms with Gasteiger partial charge in [0.15, 0.2) is 11.5 Å². The van der Waals surface area contributed by atoms with Crippen LogP contribution in [0.15, 0.2) is 40.8 Å². The summed E-state index contributed by atoms with van der Waals surface area (Å²) in [5.41, 5.74) is 2.26. The van der Waals surface area contributed by atoms with E-state index < -0.39 is 0 Å². The van der Waals surface area contributed by atoms with Crippen molar-refractivity contribution in [2.24, 2.45) is 0 Å². The predicted octanol–water partition coefficient (Wildman–Crippen LogP) is 4.70. The van der Waals surface area contributed by atoms with Gasteiger partial charge in [-0.15, -0.1) is 0 Å². The number of carbonyl (C=O) groups is 1. The van der Waals surface area contributed by atoms with Crippen molar-refractivity contribution in [2.75, 3.05) is 5.32 Å². The van der Waals surface area contributed by atoms with Crippen LogP contribution in [0, 0.1) is 6.92 Å². The average molecular weight is 321 g/mol. The van der Waals surface area contributed by atoms with Crippen molar-refractivity contribution < 1.29 is 9.21 Å². The summed E-state index contributed by atoms with van der Waals surface area (Å²) in [7, 11) is 0. The van der Waals surface area contributed by atoms with E-state index in [2.05, 4.69) is 10.3 Å². The summed E-state index contributed by atoms with van der Waals surface area (Å²) >= 11 is 11.9. The van der Waals surface area contributed by atoms with E-state index in [-0.39, 0.29) is 5.91 Å². The van der Waals surface area contributed by atoms with Gasteiger partial charge in [0, 0.05) is 17.5 Å². The van der Waals surface area contributed by atoms with E-state index in [4.69, 9.17) is 27.6 Å².